The van der Waals surface area contributed by atoms with Crippen LogP contribution in [-0.4, -0.2) is 42.9 Å². The summed E-state index contributed by atoms with van der Waals surface area (Å²) in [5.74, 6) is 0.173. The maximum Gasteiger partial charge on any atom is 0.224 e. The first-order valence-electron chi connectivity index (χ1n) is 7.51. The second kappa shape index (κ2) is 7.11. The van der Waals surface area contributed by atoms with Gasteiger partial charge < -0.3 is 15.1 Å². The lowest BCUT2D eigenvalue weighted by Gasteiger charge is -2.36. The van der Waals surface area contributed by atoms with Gasteiger partial charge in [0.05, 0.1) is 11.4 Å². The van der Waals surface area contributed by atoms with Crippen molar-refractivity contribution >= 4 is 23.2 Å². The van der Waals surface area contributed by atoms with Crippen LogP contribution in [0.2, 0.25) is 0 Å². The second-order valence-corrected chi connectivity index (χ2v) is 5.31. The summed E-state index contributed by atoms with van der Waals surface area (Å²) in [6, 6.07) is 7.85. The largest absolute Gasteiger partial charge is 0.366 e. The molecule has 1 fully saturated rings. The first kappa shape index (κ1) is 15.4. The molecule has 1 saturated heterocycles. The van der Waals surface area contributed by atoms with E-state index in [0.717, 1.165) is 44.0 Å². The van der Waals surface area contributed by atoms with E-state index in [1.165, 1.54) is 0 Å². The van der Waals surface area contributed by atoms with Crippen molar-refractivity contribution < 1.29 is 9.59 Å². The van der Waals surface area contributed by atoms with Crippen LogP contribution in [0.4, 0.5) is 11.4 Å². The fourth-order valence-electron chi connectivity index (χ4n) is 2.56. The summed E-state index contributed by atoms with van der Waals surface area (Å²) in [5.41, 5.74) is 1.89. The highest BCUT2D eigenvalue weighted by Crippen LogP contribution is 2.26. The first-order valence-corrected chi connectivity index (χ1v) is 7.51. The Labute approximate surface area is 125 Å². The van der Waals surface area contributed by atoms with Crippen LogP contribution in [0, 0.1) is 0 Å². The maximum absolute atomic E-state index is 11.8. The maximum atomic E-state index is 11.8. The van der Waals surface area contributed by atoms with Crippen molar-refractivity contribution in [3.63, 3.8) is 0 Å². The van der Waals surface area contributed by atoms with Gasteiger partial charge in [-0.05, 0) is 18.6 Å². The molecule has 0 bridgehead atoms. The van der Waals surface area contributed by atoms with Gasteiger partial charge in [-0.25, -0.2) is 0 Å². The van der Waals surface area contributed by atoms with E-state index in [2.05, 4.69) is 10.2 Å². The van der Waals surface area contributed by atoms with Crippen LogP contribution in [0.1, 0.15) is 26.7 Å². The van der Waals surface area contributed by atoms with E-state index in [1.807, 2.05) is 36.1 Å². The second-order valence-electron chi connectivity index (χ2n) is 5.31. The topological polar surface area (TPSA) is 52.7 Å². The number of anilines is 2. The van der Waals surface area contributed by atoms with Crippen molar-refractivity contribution in [2.24, 2.45) is 0 Å². The monoisotopic (exact) mass is 289 g/mol. The van der Waals surface area contributed by atoms with E-state index in [1.54, 1.807) is 6.92 Å². The van der Waals surface area contributed by atoms with Crippen LogP contribution in [0.3, 0.4) is 0 Å². The number of rotatable bonds is 4. The zero-order chi connectivity index (χ0) is 15.2. The Bertz CT molecular complexity index is 508. The van der Waals surface area contributed by atoms with Crippen LogP contribution in [0.5, 0.6) is 0 Å². The molecule has 5 nitrogen and oxygen atoms in total. The molecule has 1 N–H and O–H groups in total. The molecular weight excluding hydrogens is 266 g/mol. The number of para-hydroxylation sites is 2. The molecule has 5 heteroatoms. The van der Waals surface area contributed by atoms with Crippen molar-refractivity contribution in [2.45, 2.75) is 26.7 Å². The van der Waals surface area contributed by atoms with Gasteiger partial charge in [-0.1, -0.05) is 19.1 Å². The molecule has 21 heavy (non-hydrogen) atoms. The van der Waals surface area contributed by atoms with Gasteiger partial charge in [-0.3, -0.25) is 9.59 Å². The lowest BCUT2D eigenvalue weighted by atomic mass is 10.2. The molecule has 1 heterocycles. The van der Waals surface area contributed by atoms with E-state index in [-0.39, 0.29) is 11.8 Å². The minimum Gasteiger partial charge on any atom is -0.366 e. The van der Waals surface area contributed by atoms with Gasteiger partial charge in [0.2, 0.25) is 11.8 Å². The fourth-order valence-corrected chi connectivity index (χ4v) is 2.56. The fraction of sp³-hybridized carbons (Fsp3) is 0.500. The third-order valence-corrected chi connectivity index (χ3v) is 3.72. The molecule has 1 aliphatic rings. The summed E-state index contributed by atoms with van der Waals surface area (Å²) in [6.45, 7) is 6.64. The summed E-state index contributed by atoms with van der Waals surface area (Å²) in [6.07, 6.45) is 1.37. The van der Waals surface area contributed by atoms with Gasteiger partial charge in [0.25, 0.3) is 0 Å². The van der Waals surface area contributed by atoms with Crippen molar-refractivity contribution in [2.75, 3.05) is 36.4 Å². The zero-order valence-electron chi connectivity index (χ0n) is 12.8. The standard InChI is InChI=1S/C16H23N3O2/c1-3-6-16(21)17-14-7-4-5-8-15(14)19-11-9-18(10-12-19)13(2)20/h4-5,7-8H,3,6,9-12H2,1-2H3,(H,17,21). The quantitative estimate of drug-likeness (QED) is 0.923. The molecule has 0 saturated carbocycles. The van der Waals surface area contributed by atoms with Crippen molar-refractivity contribution in [3.8, 4) is 0 Å². The highest BCUT2D eigenvalue weighted by molar-refractivity contribution is 5.94. The van der Waals surface area contributed by atoms with Gasteiger partial charge >= 0.3 is 0 Å². The van der Waals surface area contributed by atoms with Crippen LogP contribution >= 0.6 is 0 Å². The van der Waals surface area contributed by atoms with Crippen LogP contribution in [0.25, 0.3) is 0 Å². The summed E-state index contributed by atoms with van der Waals surface area (Å²) >= 11 is 0. The number of amides is 2. The summed E-state index contributed by atoms with van der Waals surface area (Å²) < 4.78 is 0. The SMILES string of the molecule is CCCC(=O)Nc1ccccc1N1CCN(C(C)=O)CC1. The summed E-state index contributed by atoms with van der Waals surface area (Å²) in [4.78, 5) is 27.3. The molecule has 0 aliphatic carbocycles. The number of benzene rings is 1. The lowest BCUT2D eigenvalue weighted by molar-refractivity contribution is -0.129. The Morgan fingerprint density at radius 1 is 1.14 bits per heavy atom. The van der Waals surface area contributed by atoms with Gasteiger partial charge in [0, 0.05) is 39.5 Å². The average molecular weight is 289 g/mol. The number of carbonyl (C=O) groups excluding carboxylic acids is 2. The highest BCUT2D eigenvalue weighted by Gasteiger charge is 2.20. The predicted molar refractivity (Wildman–Crippen MR) is 84.4 cm³/mol. The predicted octanol–water partition coefficient (Wildman–Crippen LogP) is 2.09. The number of piperazine rings is 1. The van der Waals surface area contributed by atoms with E-state index >= 15 is 0 Å². The van der Waals surface area contributed by atoms with Gasteiger partial charge in [-0.2, -0.15) is 0 Å². The molecule has 1 aromatic carbocycles. The Hall–Kier alpha value is -2.04. The van der Waals surface area contributed by atoms with Gasteiger partial charge in [0.1, 0.15) is 0 Å². The summed E-state index contributed by atoms with van der Waals surface area (Å²) in [7, 11) is 0. The molecule has 0 aromatic heterocycles. The third kappa shape index (κ3) is 3.97. The molecular formula is C16H23N3O2. The van der Waals surface area contributed by atoms with E-state index < -0.39 is 0 Å². The number of nitrogens with one attached hydrogen (secondary N) is 1. The lowest BCUT2D eigenvalue weighted by Crippen LogP contribution is -2.48. The Morgan fingerprint density at radius 3 is 2.43 bits per heavy atom. The zero-order valence-corrected chi connectivity index (χ0v) is 12.8. The van der Waals surface area contributed by atoms with E-state index in [0.29, 0.717) is 6.42 Å². The third-order valence-electron chi connectivity index (χ3n) is 3.72. The minimum absolute atomic E-state index is 0.0484. The average Bonchev–Trinajstić information content (AvgIpc) is 2.48. The highest BCUT2D eigenvalue weighted by atomic mass is 16.2. The molecule has 0 spiro atoms. The number of hydrogen-bond donors (Lipinski definition) is 1. The van der Waals surface area contributed by atoms with E-state index in [4.69, 9.17) is 0 Å². The van der Waals surface area contributed by atoms with Crippen LogP contribution in [0.15, 0.2) is 24.3 Å². The molecule has 114 valence electrons. The van der Waals surface area contributed by atoms with Gasteiger partial charge in [0.15, 0.2) is 0 Å². The molecule has 1 aromatic rings. The van der Waals surface area contributed by atoms with E-state index in [9.17, 15) is 9.59 Å². The number of hydrogen-bond acceptors (Lipinski definition) is 3. The molecule has 0 unspecified atom stereocenters. The molecule has 0 atom stereocenters. The molecule has 1 aliphatic heterocycles. The Balaban J connectivity index is 2.06. The summed E-state index contributed by atoms with van der Waals surface area (Å²) in [5, 5.41) is 2.98. The molecule has 2 rings (SSSR count). The molecule has 2 amide bonds. The number of carbonyl (C=O) groups is 2. The normalized spacial score (nSPS) is 15.0. The Morgan fingerprint density at radius 2 is 1.81 bits per heavy atom. The van der Waals surface area contributed by atoms with Crippen molar-refractivity contribution in [3.05, 3.63) is 24.3 Å². The number of nitrogens with zero attached hydrogens (tertiary/aromatic N) is 2. The van der Waals surface area contributed by atoms with Crippen LogP contribution in [-0.2, 0) is 9.59 Å². The first-order chi connectivity index (χ1) is 10.1. The Kier molecular flexibility index (Phi) is 5.20. The molecule has 0 radical (unpaired) electrons. The minimum atomic E-state index is 0.0484. The van der Waals surface area contributed by atoms with Crippen LogP contribution < -0.4 is 10.2 Å². The smallest absolute Gasteiger partial charge is 0.224 e. The van der Waals surface area contributed by atoms with Gasteiger partial charge in [-0.15, -0.1) is 0 Å². The van der Waals surface area contributed by atoms with Crippen molar-refractivity contribution in [1.29, 1.82) is 0 Å². The van der Waals surface area contributed by atoms with Crippen molar-refractivity contribution in [1.82, 2.24) is 4.90 Å².